The van der Waals surface area contributed by atoms with Crippen LogP contribution >= 0.6 is 0 Å². The summed E-state index contributed by atoms with van der Waals surface area (Å²) in [7, 11) is 0. The van der Waals surface area contributed by atoms with Crippen molar-refractivity contribution in [3.8, 4) is 0 Å². The van der Waals surface area contributed by atoms with E-state index in [0.29, 0.717) is 18.5 Å². The van der Waals surface area contributed by atoms with Gasteiger partial charge in [-0.1, -0.05) is 43.3 Å². The van der Waals surface area contributed by atoms with Gasteiger partial charge in [-0.05, 0) is 53.4 Å². The first-order valence-corrected chi connectivity index (χ1v) is 10.7. The molecular formula is C26H26N4O2. The lowest BCUT2D eigenvalue weighted by atomic mass is 10.1. The molecule has 0 bridgehead atoms. The van der Waals surface area contributed by atoms with Gasteiger partial charge in [0.05, 0.1) is 11.0 Å². The number of benzene rings is 3. The van der Waals surface area contributed by atoms with E-state index in [0.717, 1.165) is 40.1 Å². The van der Waals surface area contributed by atoms with Gasteiger partial charge in [-0.15, -0.1) is 0 Å². The molecule has 0 spiro atoms. The Kier molecular flexibility index (Phi) is 6.31. The van der Waals surface area contributed by atoms with Gasteiger partial charge in [0.1, 0.15) is 5.82 Å². The zero-order chi connectivity index (χ0) is 22.5. The second-order valence-electron chi connectivity index (χ2n) is 7.82. The van der Waals surface area contributed by atoms with Gasteiger partial charge in [-0.3, -0.25) is 9.59 Å². The van der Waals surface area contributed by atoms with Crippen LogP contribution in [-0.2, 0) is 24.2 Å². The van der Waals surface area contributed by atoms with Crippen molar-refractivity contribution in [1.82, 2.24) is 15.3 Å². The lowest BCUT2D eigenvalue weighted by Crippen LogP contribution is -2.22. The van der Waals surface area contributed by atoms with Gasteiger partial charge in [-0.2, -0.15) is 0 Å². The van der Waals surface area contributed by atoms with E-state index in [1.54, 1.807) is 6.07 Å². The van der Waals surface area contributed by atoms with E-state index in [1.807, 2.05) is 48.5 Å². The number of hydrogen-bond donors (Lipinski definition) is 3. The largest absolute Gasteiger partial charge is 0.348 e. The van der Waals surface area contributed by atoms with Crippen LogP contribution in [-0.4, -0.2) is 21.8 Å². The average molecular weight is 427 g/mol. The van der Waals surface area contributed by atoms with Gasteiger partial charge < -0.3 is 15.6 Å². The minimum Gasteiger partial charge on any atom is -0.348 e. The number of imidazole rings is 1. The molecule has 0 aliphatic carbocycles. The van der Waals surface area contributed by atoms with Crippen molar-refractivity contribution < 1.29 is 9.59 Å². The highest BCUT2D eigenvalue weighted by Crippen LogP contribution is 2.17. The SMILES string of the molecule is CCc1ccc(CNC(=O)c2ccc3nc(Cc4ccc(NC(C)=O)cc4)[nH]c3c2)cc1. The summed E-state index contributed by atoms with van der Waals surface area (Å²) in [6, 6.07) is 21.4. The summed E-state index contributed by atoms with van der Waals surface area (Å²) < 4.78 is 0. The Balaban J connectivity index is 1.41. The molecule has 4 rings (SSSR count). The zero-order valence-corrected chi connectivity index (χ0v) is 18.2. The molecule has 6 nitrogen and oxygen atoms in total. The maximum atomic E-state index is 12.6. The van der Waals surface area contributed by atoms with Gasteiger partial charge in [0.25, 0.3) is 5.91 Å². The molecule has 32 heavy (non-hydrogen) atoms. The van der Waals surface area contributed by atoms with E-state index >= 15 is 0 Å². The van der Waals surface area contributed by atoms with Crippen molar-refractivity contribution in [2.24, 2.45) is 0 Å². The summed E-state index contributed by atoms with van der Waals surface area (Å²) in [6.45, 7) is 4.10. The number of aryl methyl sites for hydroxylation is 1. The quantitative estimate of drug-likeness (QED) is 0.403. The molecular weight excluding hydrogens is 400 g/mol. The van der Waals surface area contributed by atoms with E-state index in [4.69, 9.17) is 0 Å². The maximum Gasteiger partial charge on any atom is 0.251 e. The number of H-pyrrole nitrogens is 1. The van der Waals surface area contributed by atoms with E-state index < -0.39 is 0 Å². The highest BCUT2D eigenvalue weighted by Gasteiger charge is 2.10. The van der Waals surface area contributed by atoms with E-state index in [2.05, 4.69) is 39.7 Å². The first kappa shape index (κ1) is 21.3. The summed E-state index contributed by atoms with van der Waals surface area (Å²) in [5.41, 5.74) is 6.44. The molecule has 3 N–H and O–H groups in total. The van der Waals surface area contributed by atoms with Crippen LogP contribution in [0.25, 0.3) is 11.0 Å². The monoisotopic (exact) mass is 426 g/mol. The number of anilines is 1. The molecule has 0 atom stereocenters. The average Bonchev–Trinajstić information content (AvgIpc) is 3.20. The van der Waals surface area contributed by atoms with Crippen LogP contribution in [0.2, 0.25) is 0 Å². The molecule has 4 aromatic rings. The molecule has 2 amide bonds. The molecule has 0 aliphatic heterocycles. The minimum absolute atomic E-state index is 0.0933. The second-order valence-corrected chi connectivity index (χ2v) is 7.82. The Hall–Kier alpha value is -3.93. The van der Waals surface area contributed by atoms with Crippen molar-refractivity contribution in [2.45, 2.75) is 33.2 Å². The number of fused-ring (bicyclic) bond motifs is 1. The maximum absolute atomic E-state index is 12.6. The Labute approximate surface area is 187 Å². The lowest BCUT2D eigenvalue weighted by Gasteiger charge is -2.06. The lowest BCUT2D eigenvalue weighted by molar-refractivity contribution is -0.114. The number of nitrogens with one attached hydrogen (secondary N) is 3. The van der Waals surface area contributed by atoms with Crippen LogP contribution in [0, 0.1) is 0 Å². The fourth-order valence-corrected chi connectivity index (χ4v) is 3.57. The number of carbonyl (C=O) groups excluding carboxylic acids is 2. The number of rotatable bonds is 7. The van der Waals surface area contributed by atoms with Crippen LogP contribution in [0.4, 0.5) is 5.69 Å². The highest BCUT2D eigenvalue weighted by molar-refractivity contribution is 5.97. The fraction of sp³-hybridized carbons (Fsp3) is 0.192. The first-order valence-electron chi connectivity index (χ1n) is 10.7. The summed E-state index contributed by atoms with van der Waals surface area (Å²) >= 11 is 0. The van der Waals surface area contributed by atoms with Crippen molar-refractivity contribution in [2.75, 3.05) is 5.32 Å². The predicted octanol–water partition coefficient (Wildman–Crippen LogP) is 4.60. The molecule has 0 radical (unpaired) electrons. The van der Waals surface area contributed by atoms with Crippen LogP contribution in [0.5, 0.6) is 0 Å². The molecule has 162 valence electrons. The van der Waals surface area contributed by atoms with Crippen LogP contribution in [0.1, 0.15) is 46.7 Å². The number of hydrogen-bond acceptors (Lipinski definition) is 3. The third-order valence-electron chi connectivity index (χ3n) is 5.32. The van der Waals surface area contributed by atoms with Crippen molar-refractivity contribution in [1.29, 1.82) is 0 Å². The number of aromatic amines is 1. The molecule has 0 fully saturated rings. The normalized spacial score (nSPS) is 10.8. The van der Waals surface area contributed by atoms with Crippen LogP contribution in [0.15, 0.2) is 66.7 Å². The van der Waals surface area contributed by atoms with Crippen LogP contribution in [0.3, 0.4) is 0 Å². The third kappa shape index (κ3) is 5.21. The number of nitrogens with zero attached hydrogens (tertiary/aromatic N) is 1. The highest BCUT2D eigenvalue weighted by atomic mass is 16.2. The van der Waals surface area contributed by atoms with Gasteiger partial charge in [0.2, 0.25) is 5.91 Å². The van der Waals surface area contributed by atoms with Gasteiger partial charge in [0.15, 0.2) is 0 Å². The summed E-state index contributed by atoms with van der Waals surface area (Å²) in [6.07, 6.45) is 1.63. The minimum atomic E-state index is -0.115. The summed E-state index contributed by atoms with van der Waals surface area (Å²) in [5.74, 6) is 0.612. The van der Waals surface area contributed by atoms with Crippen molar-refractivity contribution in [3.63, 3.8) is 0 Å². The fourth-order valence-electron chi connectivity index (χ4n) is 3.57. The topological polar surface area (TPSA) is 86.9 Å². The first-order chi connectivity index (χ1) is 15.5. The van der Waals surface area contributed by atoms with Gasteiger partial charge in [-0.25, -0.2) is 4.98 Å². The van der Waals surface area contributed by atoms with E-state index in [9.17, 15) is 9.59 Å². The third-order valence-corrected chi connectivity index (χ3v) is 5.32. The molecule has 0 unspecified atom stereocenters. The number of aromatic nitrogens is 2. The molecule has 1 heterocycles. The van der Waals surface area contributed by atoms with Gasteiger partial charge in [0, 0.05) is 31.1 Å². The Morgan fingerprint density at radius 1 is 0.906 bits per heavy atom. The van der Waals surface area contributed by atoms with E-state index in [-0.39, 0.29) is 11.8 Å². The van der Waals surface area contributed by atoms with Crippen LogP contribution < -0.4 is 10.6 Å². The zero-order valence-electron chi connectivity index (χ0n) is 18.2. The standard InChI is InChI=1S/C26H26N4O2/c1-3-18-4-6-20(7-5-18)16-27-26(32)21-10-13-23-24(15-21)30-25(29-23)14-19-8-11-22(12-9-19)28-17(2)31/h4-13,15H,3,14,16H2,1-2H3,(H,27,32)(H,28,31)(H,29,30). The second kappa shape index (κ2) is 9.47. The molecule has 1 aromatic heterocycles. The number of amides is 2. The van der Waals surface area contributed by atoms with Gasteiger partial charge >= 0.3 is 0 Å². The molecule has 0 saturated carbocycles. The predicted molar refractivity (Wildman–Crippen MR) is 127 cm³/mol. The summed E-state index contributed by atoms with van der Waals surface area (Å²) in [5, 5.41) is 5.74. The number of carbonyl (C=O) groups is 2. The Morgan fingerprint density at radius 3 is 2.28 bits per heavy atom. The molecule has 0 saturated heterocycles. The van der Waals surface area contributed by atoms with Crippen molar-refractivity contribution in [3.05, 3.63) is 94.8 Å². The Bertz CT molecular complexity index is 1240. The summed E-state index contributed by atoms with van der Waals surface area (Å²) in [4.78, 5) is 31.7. The van der Waals surface area contributed by atoms with Crippen molar-refractivity contribution >= 4 is 28.5 Å². The molecule has 0 aliphatic rings. The smallest absolute Gasteiger partial charge is 0.251 e. The molecule has 3 aromatic carbocycles. The molecule has 6 heteroatoms. The Morgan fingerprint density at radius 2 is 1.59 bits per heavy atom. The van der Waals surface area contributed by atoms with E-state index in [1.165, 1.54) is 12.5 Å².